The molecule has 0 bridgehead atoms. The number of carbonyl (C=O) groups excluding carboxylic acids is 1. The van der Waals surface area contributed by atoms with E-state index >= 15 is 0 Å². The fourth-order valence-electron chi connectivity index (χ4n) is 2.54. The smallest absolute Gasteiger partial charge is 0.224 e. The van der Waals surface area contributed by atoms with Crippen LogP contribution in [0.3, 0.4) is 0 Å². The standard InChI is InChI=1S/C18H25N3O3/c1-14-13-20-17(21(14)9-10-23-2)7-8-19-18(22)12-15-5-4-6-16(11-15)24-3/h4-6,11,13H,7-10,12H2,1-3H3,(H,19,22). The molecule has 0 aliphatic rings. The first kappa shape index (κ1) is 18.0. The molecule has 1 aromatic carbocycles. The topological polar surface area (TPSA) is 65.4 Å². The maximum atomic E-state index is 12.1. The highest BCUT2D eigenvalue weighted by Gasteiger charge is 2.08. The number of hydrogen-bond donors (Lipinski definition) is 1. The second kappa shape index (κ2) is 9.08. The van der Waals surface area contributed by atoms with Gasteiger partial charge < -0.3 is 19.4 Å². The number of amides is 1. The predicted molar refractivity (Wildman–Crippen MR) is 92.3 cm³/mol. The third-order valence-corrected chi connectivity index (χ3v) is 3.83. The van der Waals surface area contributed by atoms with Crippen LogP contribution in [0.25, 0.3) is 0 Å². The van der Waals surface area contributed by atoms with Gasteiger partial charge in [-0.2, -0.15) is 0 Å². The Hall–Kier alpha value is -2.34. The molecule has 0 radical (unpaired) electrons. The van der Waals surface area contributed by atoms with Crippen molar-refractivity contribution in [2.24, 2.45) is 0 Å². The van der Waals surface area contributed by atoms with Gasteiger partial charge in [-0.15, -0.1) is 0 Å². The molecule has 6 heteroatoms. The Morgan fingerprint density at radius 3 is 2.92 bits per heavy atom. The lowest BCUT2D eigenvalue weighted by atomic mass is 10.1. The molecular formula is C18H25N3O3. The highest BCUT2D eigenvalue weighted by atomic mass is 16.5. The lowest BCUT2D eigenvalue weighted by Gasteiger charge is -2.10. The molecule has 2 rings (SSSR count). The van der Waals surface area contributed by atoms with Crippen LogP contribution in [0.2, 0.25) is 0 Å². The Bertz CT molecular complexity index is 667. The molecule has 0 atom stereocenters. The number of aromatic nitrogens is 2. The van der Waals surface area contributed by atoms with E-state index in [1.54, 1.807) is 14.2 Å². The molecule has 24 heavy (non-hydrogen) atoms. The molecule has 0 saturated carbocycles. The summed E-state index contributed by atoms with van der Waals surface area (Å²) in [4.78, 5) is 16.5. The molecular weight excluding hydrogens is 306 g/mol. The van der Waals surface area contributed by atoms with E-state index in [1.807, 2.05) is 37.4 Å². The Morgan fingerprint density at radius 1 is 1.33 bits per heavy atom. The summed E-state index contributed by atoms with van der Waals surface area (Å²) in [5.41, 5.74) is 2.04. The Labute approximate surface area is 142 Å². The Kier molecular flexibility index (Phi) is 6.81. The first-order valence-electron chi connectivity index (χ1n) is 8.03. The van der Waals surface area contributed by atoms with Gasteiger partial charge in [0.25, 0.3) is 0 Å². The molecule has 1 amide bonds. The molecule has 2 aromatic rings. The number of aryl methyl sites for hydroxylation is 1. The molecule has 0 fully saturated rings. The van der Waals surface area contributed by atoms with E-state index in [-0.39, 0.29) is 5.91 Å². The lowest BCUT2D eigenvalue weighted by molar-refractivity contribution is -0.120. The zero-order valence-corrected chi connectivity index (χ0v) is 14.5. The normalized spacial score (nSPS) is 10.6. The van der Waals surface area contributed by atoms with Gasteiger partial charge in [0.1, 0.15) is 11.6 Å². The minimum atomic E-state index is -0.00465. The maximum Gasteiger partial charge on any atom is 0.224 e. The van der Waals surface area contributed by atoms with Crippen LogP contribution >= 0.6 is 0 Å². The van der Waals surface area contributed by atoms with Crippen LogP contribution in [0.5, 0.6) is 5.75 Å². The molecule has 1 aromatic heterocycles. The average Bonchev–Trinajstić information content (AvgIpc) is 2.93. The first-order chi connectivity index (χ1) is 11.6. The summed E-state index contributed by atoms with van der Waals surface area (Å²) in [6, 6.07) is 7.55. The van der Waals surface area contributed by atoms with Crippen LogP contribution < -0.4 is 10.1 Å². The van der Waals surface area contributed by atoms with E-state index in [4.69, 9.17) is 9.47 Å². The van der Waals surface area contributed by atoms with E-state index in [1.165, 1.54) is 0 Å². The van der Waals surface area contributed by atoms with Crippen molar-refractivity contribution in [3.63, 3.8) is 0 Å². The minimum absolute atomic E-state index is 0.00465. The van der Waals surface area contributed by atoms with Crippen molar-refractivity contribution in [2.75, 3.05) is 27.4 Å². The molecule has 1 N–H and O–H groups in total. The monoisotopic (exact) mass is 331 g/mol. The van der Waals surface area contributed by atoms with Crippen molar-refractivity contribution in [1.29, 1.82) is 0 Å². The Morgan fingerprint density at radius 2 is 2.17 bits per heavy atom. The summed E-state index contributed by atoms with van der Waals surface area (Å²) < 4.78 is 12.4. The zero-order chi connectivity index (χ0) is 17.4. The quantitative estimate of drug-likeness (QED) is 0.760. The van der Waals surface area contributed by atoms with Gasteiger partial charge in [0.15, 0.2) is 0 Å². The van der Waals surface area contributed by atoms with Crippen LogP contribution in [-0.4, -0.2) is 42.8 Å². The SMILES string of the molecule is COCCn1c(C)cnc1CCNC(=O)Cc1cccc(OC)c1. The molecule has 0 aliphatic carbocycles. The zero-order valence-electron chi connectivity index (χ0n) is 14.5. The van der Waals surface area contributed by atoms with E-state index in [2.05, 4.69) is 14.9 Å². The molecule has 6 nitrogen and oxygen atoms in total. The van der Waals surface area contributed by atoms with Crippen molar-refractivity contribution >= 4 is 5.91 Å². The van der Waals surface area contributed by atoms with Crippen molar-refractivity contribution in [3.05, 3.63) is 47.5 Å². The first-order valence-corrected chi connectivity index (χ1v) is 8.03. The number of rotatable bonds is 9. The summed E-state index contributed by atoms with van der Waals surface area (Å²) >= 11 is 0. The van der Waals surface area contributed by atoms with Crippen LogP contribution in [-0.2, 0) is 28.9 Å². The minimum Gasteiger partial charge on any atom is -0.497 e. The van der Waals surface area contributed by atoms with Gasteiger partial charge in [-0.3, -0.25) is 4.79 Å². The fraction of sp³-hybridized carbons (Fsp3) is 0.444. The number of hydrogen-bond acceptors (Lipinski definition) is 4. The van der Waals surface area contributed by atoms with Crippen molar-refractivity contribution in [3.8, 4) is 5.75 Å². The van der Waals surface area contributed by atoms with Gasteiger partial charge in [-0.25, -0.2) is 4.98 Å². The number of nitrogens with zero attached hydrogens (tertiary/aromatic N) is 2. The molecule has 0 unspecified atom stereocenters. The number of carbonyl (C=O) groups is 1. The van der Waals surface area contributed by atoms with Gasteiger partial charge in [0.05, 0.1) is 20.1 Å². The fourth-order valence-corrected chi connectivity index (χ4v) is 2.54. The van der Waals surface area contributed by atoms with E-state index < -0.39 is 0 Å². The van der Waals surface area contributed by atoms with Gasteiger partial charge >= 0.3 is 0 Å². The van der Waals surface area contributed by atoms with Gasteiger partial charge in [0.2, 0.25) is 5.91 Å². The van der Waals surface area contributed by atoms with Crippen LogP contribution in [0, 0.1) is 6.92 Å². The molecule has 130 valence electrons. The van der Waals surface area contributed by atoms with Crippen molar-refractivity contribution in [2.45, 2.75) is 26.3 Å². The number of benzene rings is 1. The lowest BCUT2D eigenvalue weighted by Crippen LogP contribution is -2.28. The number of imidazole rings is 1. The van der Waals surface area contributed by atoms with Crippen molar-refractivity contribution in [1.82, 2.24) is 14.9 Å². The highest BCUT2D eigenvalue weighted by Crippen LogP contribution is 2.12. The average molecular weight is 331 g/mol. The number of ether oxygens (including phenoxy) is 2. The largest absolute Gasteiger partial charge is 0.497 e. The molecule has 0 aliphatic heterocycles. The summed E-state index contributed by atoms with van der Waals surface area (Å²) in [6.07, 6.45) is 2.89. The third-order valence-electron chi connectivity index (χ3n) is 3.83. The molecule has 0 spiro atoms. The van der Waals surface area contributed by atoms with Gasteiger partial charge in [-0.1, -0.05) is 12.1 Å². The maximum absolute atomic E-state index is 12.1. The van der Waals surface area contributed by atoms with Crippen LogP contribution in [0.15, 0.2) is 30.5 Å². The van der Waals surface area contributed by atoms with Crippen molar-refractivity contribution < 1.29 is 14.3 Å². The van der Waals surface area contributed by atoms with E-state index in [0.717, 1.165) is 29.4 Å². The third kappa shape index (κ3) is 5.09. The van der Waals surface area contributed by atoms with Crippen LogP contribution in [0.4, 0.5) is 0 Å². The van der Waals surface area contributed by atoms with Gasteiger partial charge in [0, 0.05) is 38.5 Å². The summed E-state index contributed by atoms with van der Waals surface area (Å²) in [5, 5.41) is 2.95. The summed E-state index contributed by atoms with van der Waals surface area (Å²) in [6.45, 7) is 4.00. The summed E-state index contributed by atoms with van der Waals surface area (Å²) in [7, 11) is 3.30. The van der Waals surface area contributed by atoms with E-state index in [0.29, 0.717) is 26.0 Å². The predicted octanol–water partition coefficient (Wildman–Crippen LogP) is 1.75. The number of nitrogens with one attached hydrogen (secondary N) is 1. The van der Waals surface area contributed by atoms with E-state index in [9.17, 15) is 4.79 Å². The summed E-state index contributed by atoms with van der Waals surface area (Å²) in [5.74, 6) is 1.72. The van der Waals surface area contributed by atoms with Crippen LogP contribution in [0.1, 0.15) is 17.1 Å². The number of methoxy groups -OCH3 is 2. The highest BCUT2D eigenvalue weighted by molar-refractivity contribution is 5.78. The van der Waals surface area contributed by atoms with Gasteiger partial charge in [-0.05, 0) is 24.6 Å². The molecule has 1 heterocycles. The molecule has 0 saturated heterocycles. The Balaban J connectivity index is 1.82. The second-order valence-corrected chi connectivity index (χ2v) is 5.59. The second-order valence-electron chi connectivity index (χ2n) is 5.59.